The number of hydrogen-bond acceptors (Lipinski definition) is 5. The monoisotopic (exact) mass is 430 g/mol. The summed E-state index contributed by atoms with van der Waals surface area (Å²) >= 11 is 0. The molecule has 0 amide bonds. The van der Waals surface area contributed by atoms with E-state index in [1.807, 2.05) is 18.2 Å². The van der Waals surface area contributed by atoms with Crippen LogP contribution in [0.2, 0.25) is 0 Å². The summed E-state index contributed by atoms with van der Waals surface area (Å²) in [6.45, 7) is 3.39. The number of aliphatic hydroxyl groups is 1. The summed E-state index contributed by atoms with van der Waals surface area (Å²) in [5.41, 5.74) is 0.432. The standard InChI is InChI=1S/C26H21FNO4/c1-26(2)24(29)22(19-13-17(14-28)11-12-21(19)32-26)18-9-6-10-20(27)23(18)25(30)31-15-16-7-4-3-5-8-16/h3-8,10-13,22,24,29H,15H2,1-2H3/t22-,24+/m0/s1. The zero-order valence-corrected chi connectivity index (χ0v) is 17.6. The van der Waals surface area contributed by atoms with Gasteiger partial charge in [0.05, 0.1) is 17.2 Å². The van der Waals surface area contributed by atoms with E-state index in [2.05, 4.69) is 12.1 Å². The summed E-state index contributed by atoms with van der Waals surface area (Å²) in [7, 11) is 0. The first-order chi connectivity index (χ1) is 15.3. The van der Waals surface area contributed by atoms with Crippen molar-refractivity contribution in [3.63, 3.8) is 0 Å². The number of halogens is 1. The lowest BCUT2D eigenvalue weighted by atomic mass is 9.75. The van der Waals surface area contributed by atoms with E-state index in [0.29, 0.717) is 16.9 Å². The van der Waals surface area contributed by atoms with E-state index < -0.39 is 29.4 Å². The molecule has 1 N–H and O–H groups in total. The fourth-order valence-electron chi connectivity index (χ4n) is 3.92. The number of aliphatic hydroxyl groups excluding tert-OH is 1. The summed E-state index contributed by atoms with van der Waals surface area (Å²) in [6, 6.07) is 21.4. The van der Waals surface area contributed by atoms with Crippen LogP contribution in [0, 0.1) is 23.2 Å². The van der Waals surface area contributed by atoms with Crippen LogP contribution in [-0.2, 0) is 11.3 Å². The molecule has 0 aliphatic carbocycles. The van der Waals surface area contributed by atoms with Crippen molar-refractivity contribution in [1.29, 1.82) is 5.26 Å². The molecule has 1 aliphatic heterocycles. The first kappa shape index (κ1) is 21.5. The number of esters is 1. The van der Waals surface area contributed by atoms with Crippen molar-refractivity contribution in [3.8, 4) is 11.8 Å². The van der Waals surface area contributed by atoms with Gasteiger partial charge in [-0.25, -0.2) is 9.18 Å². The highest BCUT2D eigenvalue weighted by molar-refractivity contribution is 5.92. The molecule has 0 spiro atoms. The van der Waals surface area contributed by atoms with Crippen LogP contribution in [0.4, 0.5) is 4.39 Å². The van der Waals surface area contributed by atoms with E-state index in [1.54, 1.807) is 44.2 Å². The van der Waals surface area contributed by atoms with Crippen molar-refractivity contribution < 1.29 is 23.8 Å². The highest BCUT2D eigenvalue weighted by Crippen LogP contribution is 2.45. The van der Waals surface area contributed by atoms with E-state index in [9.17, 15) is 19.6 Å². The normalized spacial score (nSPS) is 18.7. The van der Waals surface area contributed by atoms with Crippen molar-refractivity contribution in [1.82, 2.24) is 0 Å². The fourth-order valence-corrected chi connectivity index (χ4v) is 3.92. The van der Waals surface area contributed by atoms with Crippen LogP contribution in [-0.4, -0.2) is 22.8 Å². The van der Waals surface area contributed by atoms with Gasteiger partial charge in [-0.1, -0.05) is 36.4 Å². The van der Waals surface area contributed by atoms with Gasteiger partial charge in [-0.05, 0) is 55.3 Å². The Bertz CT molecular complexity index is 1200. The summed E-state index contributed by atoms with van der Waals surface area (Å²) in [5, 5.41) is 20.5. The summed E-state index contributed by atoms with van der Waals surface area (Å²) in [4.78, 5) is 13.0. The van der Waals surface area contributed by atoms with Gasteiger partial charge in [-0.2, -0.15) is 5.26 Å². The molecule has 0 unspecified atom stereocenters. The zero-order chi connectivity index (χ0) is 22.9. The maximum Gasteiger partial charge on any atom is 0.341 e. The third kappa shape index (κ3) is 3.95. The van der Waals surface area contributed by atoms with Crippen LogP contribution in [0.5, 0.6) is 5.75 Å². The quantitative estimate of drug-likeness (QED) is 0.616. The van der Waals surface area contributed by atoms with Gasteiger partial charge >= 0.3 is 5.97 Å². The van der Waals surface area contributed by atoms with E-state index >= 15 is 0 Å². The molecule has 0 saturated carbocycles. The van der Waals surface area contributed by atoms with Crippen molar-refractivity contribution in [2.24, 2.45) is 0 Å². The average molecular weight is 430 g/mol. The molecule has 32 heavy (non-hydrogen) atoms. The zero-order valence-electron chi connectivity index (χ0n) is 17.6. The van der Waals surface area contributed by atoms with Crippen LogP contribution in [0.15, 0.2) is 60.7 Å². The average Bonchev–Trinajstić information content (AvgIpc) is 2.78. The van der Waals surface area contributed by atoms with E-state index in [0.717, 1.165) is 11.6 Å². The SMILES string of the molecule is CC1(C)Oc2ccc(C#N)cc2[C@H](c2[c]ccc(F)c2C(=O)OCc2ccccc2)[C@H]1O. The number of fused-ring (bicyclic) bond motifs is 1. The molecule has 161 valence electrons. The van der Waals surface area contributed by atoms with Gasteiger partial charge in [-0.3, -0.25) is 0 Å². The molecular formula is C26H21FNO4. The van der Waals surface area contributed by atoms with Crippen LogP contribution >= 0.6 is 0 Å². The number of nitrogens with zero attached hydrogens (tertiary/aromatic N) is 1. The topological polar surface area (TPSA) is 79.5 Å². The van der Waals surface area contributed by atoms with Gasteiger partial charge in [0.2, 0.25) is 0 Å². The number of carbonyl (C=O) groups excluding carboxylic acids is 1. The minimum absolute atomic E-state index is 0.0234. The largest absolute Gasteiger partial charge is 0.485 e. The highest BCUT2D eigenvalue weighted by Gasteiger charge is 2.45. The molecule has 0 saturated heterocycles. The number of ether oxygens (including phenoxy) is 2. The molecule has 5 nitrogen and oxygen atoms in total. The van der Waals surface area contributed by atoms with Crippen LogP contribution in [0.25, 0.3) is 0 Å². The Balaban J connectivity index is 1.79. The molecule has 3 aromatic rings. The number of carbonyl (C=O) groups is 1. The van der Waals surface area contributed by atoms with E-state index in [1.165, 1.54) is 6.07 Å². The Labute approximate surface area is 185 Å². The van der Waals surface area contributed by atoms with Crippen molar-refractivity contribution in [2.75, 3.05) is 0 Å². The number of benzene rings is 3. The highest BCUT2D eigenvalue weighted by atomic mass is 19.1. The lowest BCUT2D eigenvalue weighted by molar-refractivity contribution is -0.0514. The van der Waals surface area contributed by atoms with Gasteiger partial charge in [-0.15, -0.1) is 0 Å². The van der Waals surface area contributed by atoms with Crippen molar-refractivity contribution in [2.45, 2.75) is 38.1 Å². The number of rotatable bonds is 4. The molecule has 0 bridgehead atoms. The second-order valence-corrected chi connectivity index (χ2v) is 8.17. The molecule has 1 aliphatic rings. The minimum atomic E-state index is -1.14. The van der Waals surface area contributed by atoms with E-state index in [-0.39, 0.29) is 17.7 Å². The van der Waals surface area contributed by atoms with Gasteiger partial charge in [0.1, 0.15) is 29.9 Å². The van der Waals surface area contributed by atoms with Crippen LogP contribution < -0.4 is 4.74 Å². The first-order valence-electron chi connectivity index (χ1n) is 10.1. The van der Waals surface area contributed by atoms with Gasteiger partial charge in [0.25, 0.3) is 0 Å². The smallest absolute Gasteiger partial charge is 0.341 e. The summed E-state index contributed by atoms with van der Waals surface area (Å²) < 4.78 is 26.3. The molecule has 0 aromatic heterocycles. The maximum atomic E-state index is 14.9. The molecule has 0 fully saturated rings. The lowest BCUT2D eigenvalue weighted by Crippen LogP contribution is -2.49. The van der Waals surface area contributed by atoms with Crippen LogP contribution in [0.3, 0.4) is 0 Å². The second kappa shape index (κ2) is 8.45. The summed E-state index contributed by atoms with van der Waals surface area (Å²) in [5.74, 6) is -2.03. The van der Waals surface area contributed by atoms with Gasteiger partial charge < -0.3 is 14.6 Å². The molecule has 2 atom stereocenters. The van der Waals surface area contributed by atoms with E-state index in [4.69, 9.17) is 9.47 Å². The Morgan fingerprint density at radius 3 is 2.72 bits per heavy atom. The Morgan fingerprint density at radius 1 is 1.25 bits per heavy atom. The molecule has 4 rings (SSSR count). The van der Waals surface area contributed by atoms with Gasteiger partial charge in [0, 0.05) is 11.5 Å². The van der Waals surface area contributed by atoms with Gasteiger partial charge in [0.15, 0.2) is 0 Å². The first-order valence-corrected chi connectivity index (χ1v) is 10.1. The maximum absolute atomic E-state index is 14.9. The Morgan fingerprint density at radius 2 is 2.00 bits per heavy atom. The minimum Gasteiger partial charge on any atom is -0.485 e. The fraction of sp³-hybridized carbons (Fsp3) is 0.231. The number of nitriles is 1. The van der Waals surface area contributed by atoms with Crippen LogP contribution in [0.1, 0.15) is 52.4 Å². The van der Waals surface area contributed by atoms with Crippen molar-refractivity contribution >= 4 is 5.97 Å². The molecule has 1 heterocycles. The predicted octanol–water partition coefficient (Wildman–Crippen LogP) is 4.52. The summed E-state index contributed by atoms with van der Waals surface area (Å²) in [6.07, 6.45) is -1.14. The molecule has 6 heteroatoms. The molecular weight excluding hydrogens is 409 g/mol. The second-order valence-electron chi connectivity index (χ2n) is 8.17. The molecule has 3 aromatic carbocycles. The Hall–Kier alpha value is -3.69. The third-order valence-electron chi connectivity index (χ3n) is 5.58. The van der Waals surface area contributed by atoms with Crippen molar-refractivity contribution in [3.05, 3.63) is 100 Å². The Kier molecular flexibility index (Phi) is 5.68. The third-order valence-corrected chi connectivity index (χ3v) is 5.58. The number of hydrogen-bond donors (Lipinski definition) is 1. The predicted molar refractivity (Wildman–Crippen MR) is 115 cm³/mol. The molecule has 1 radical (unpaired) electrons. The lowest BCUT2D eigenvalue weighted by Gasteiger charge is -2.42.